The first-order valence-corrected chi connectivity index (χ1v) is 10.8. The van der Waals surface area contributed by atoms with Gasteiger partial charge in [0, 0.05) is 6.54 Å². The Morgan fingerprint density at radius 3 is 2.34 bits per heavy atom. The van der Waals surface area contributed by atoms with Gasteiger partial charge >= 0.3 is 13.2 Å². The summed E-state index contributed by atoms with van der Waals surface area (Å²) in [6, 6.07) is 5.39. The molecule has 0 saturated carbocycles. The summed E-state index contributed by atoms with van der Waals surface area (Å²) in [4.78, 5) is 23.6. The number of anilines is 1. The minimum atomic E-state index is -0.563. The van der Waals surface area contributed by atoms with Gasteiger partial charge in [0.1, 0.15) is 11.4 Å². The Morgan fingerprint density at radius 1 is 1.16 bits per heavy atom. The molecule has 0 atom stereocenters. The van der Waals surface area contributed by atoms with Crippen molar-refractivity contribution in [3.8, 4) is 5.75 Å². The van der Waals surface area contributed by atoms with Gasteiger partial charge in [-0.25, -0.2) is 4.79 Å². The minimum absolute atomic E-state index is 0.336. The van der Waals surface area contributed by atoms with Crippen molar-refractivity contribution < 1.29 is 28.4 Å². The Morgan fingerprint density at radius 2 is 1.78 bits per heavy atom. The van der Waals surface area contributed by atoms with Crippen LogP contribution in [0, 0.1) is 0 Å². The molecule has 1 saturated heterocycles. The summed E-state index contributed by atoms with van der Waals surface area (Å²) < 4.78 is 23.2. The van der Waals surface area contributed by atoms with Crippen molar-refractivity contribution in [1.29, 1.82) is 0 Å². The second-order valence-corrected chi connectivity index (χ2v) is 9.67. The van der Waals surface area contributed by atoms with Gasteiger partial charge in [-0.3, -0.25) is 4.79 Å². The average molecular weight is 446 g/mol. The SMILES string of the molecule is C=CC(=O)Nc1cc(B2OC(C)(C)C(C)(C)O2)ccc1OCCCNC(=O)OC(C)(C)C. The molecule has 0 unspecified atom stereocenters. The Kier molecular flexibility index (Phi) is 8.01. The molecule has 1 fully saturated rings. The van der Waals surface area contributed by atoms with E-state index < -0.39 is 30.0 Å². The fraction of sp³-hybridized carbons (Fsp3) is 0.565. The molecule has 1 aromatic carbocycles. The van der Waals surface area contributed by atoms with Crippen LogP contribution in [0.2, 0.25) is 0 Å². The lowest BCUT2D eigenvalue weighted by atomic mass is 9.79. The molecule has 0 aliphatic carbocycles. The minimum Gasteiger partial charge on any atom is -0.491 e. The standard InChI is InChI=1S/C23H35BN2O6/c1-9-19(27)26-17-15-16(24-31-22(5,6)23(7,8)32-24)11-12-18(17)29-14-10-13-25-20(28)30-21(2,3)4/h9,11-12,15H,1,10,13-14H2,2-8H3,(H,25,28)(H,26,27). The summed E-state index contributed by atoms with van der Waals surface area (Å²) >= 11 is 0. The lowest BCUT2D eigenvalue weighted by Crippen LogP contribution is -2.41. The molecule has 2 rings (SSSR count). The Balaban J connectivity index is 2.02. The van der Waals surface area contributed by atoms with Crippen molar-refractivity contribution in [2.24, 2.45) is 0 Å². The van der Waals surface area contributed by atoms with Crippen LogP contribution in [0.15, 0.2) is 30.9 Å². The van der Waals surface area contributed by atoms with Crippen LogP contribution >= 0.6 is 0 Å². The second-order valence-electron chi connectivity index (χ2n) is 9.67. The second kappa shape index (κ2) is 9.96. The summed E-state index contributed by atoms with van der Waals surface area (Å²) in [5, 5.41) is 5.45. The molecule has 9 heteroatoms. The van der Waals surface area contributed by atoms with E-state index in [1.165, 1.54) is 6.08 Å². The number of hydrogen-bond acceptors (Lipinski definition) is 6. The molecule has 0 radical (unpaired) electrons. The molecule has 1 heterocycles. The highest BCUT2D eigenvalue weighted by Gasteiger charge is 2.51. The van der Waals surface area contributed by atoms with Crippen LogP contribution in [-0.4, -0.2) is 49.1 Å². The third kappa shape index (κ3) is 7.00. The van der Waals surface area contributed by atoms with E-state index in [4.69, 9.17) is 18.8 Å². The topological polar surface area (TPSA) is 95.1 Å². The molecule has 0 aromatic heterocycles. The van der Waals surface area contributed by atoms with E-state index in [2.05, 4.69) is 17.2 Å². The fourth-order valence-corrected chi connectivity index (χ4v) is 2.84. The zero-order chi connectivity index (χ0) is 24.2. The number of rotatable bonds is 8. The van der Waals surface area contributed by atoms with Gasteiger partial charge in [-0.1, -0.05) is 12.6 Å². The van der Waals surface area contributed by atoms with Gasteiger partial charge in [0.05, 0.1) is 23.5 Å². The van der Waals surface area contributed by atoms with E-state index in [0.29, 0.717) is 31.0 Å². The maximum absolute atomic E-state index is 11.9. The number of carbonyl (C=O) groups is 2. The van der Waals surface area contributed by atoms with Gasteiger partial charge in [-0.15, -0.1) is 0 Å². The lowest BCUT2D eigenvalue weighted by Gasteiger charge is -2.32. The number of carbonyl (C=O) groups excluding carboxylic acids is 2. The van der Waals surface area contributed by atoms with Crippen LogP contribution in [0.1, 0.15) is 54.9 Å². The zero-order valence-corrected chi connectivity index (χ0v) is 20.2. The Hall–Kier alpha value is -2.52. The highest BCUT2D eigenvalue weighted by Crippen LogP contribution is 2.37. The highest BCUT2D eigenvalue weighted by atomic mass is 16.7. The van der Waals surface area contributed by atoms with Crippen LogP contribution in [0.3, 0.4) is 0 Å². The van der Waals surface area contributed by atoms with Crippen molar-refractivity contribution in [2.75, 3.05) is 18.5 Å². The highest BCUT2D eigenvalue weighted by molar-refractivity contribution is 6.62. The molecule has 0 spiro atoms. The lowest BCUT2D eigenvalue weighted by molar-refractivity contribution is -0.111. The summed E-state index contributed by atoms with van der Waals surface area (Å²) in [6.45, 7) is 17.6. The number of ether oxygens (including phenoxy) is 2. The van der Waals surface area contributed by atoms with Crippen molar-refractivity contribution in [2.45, 2.75) is 71.7 Å². The van der Waals surface area contributed by atoms with Gasteiger partial charge in [0.2, 0.25) is 5.91 Å². The largest absolute Gasteiger partial charge is 0.494 e. The molecule has 1 aromatic rings. The number of benzene rings is 1. The molecule has 2 N–H and O–H groups in total. The van der Waals surface area contributed by atoms with E-state index in [0.717, 1.165) is 5.46 Å². The van der Waals surface area contributed by atoms with Crippen molar-refractivity contribution in [3.05, 3.63) is 30.9 Å². The molecule has 1 aliphatic heterocycles. The first kappa shape index (κ1) is 25.7. The first-order valence-electron chi connectivity index (χ1n) is 10.8. The predicted octanol–water partition coefficient (Wildman–Crippen LogP) is 3.40. The maximum Gasteiger partial charge on any atom is 0.494 e. The van der Waals surface area contributed by atoms with Crippen molar-refractivity contribution in [3.63, 3.8) is 0 Å². The van der Waals surface area contributed by atoms with Gasteiger partial charge in [0.25, 0.3) is 0 Å². The van der Waals surface area contributed by atoms with Gasteiger partial charge in [-0.05, 0) is 78.6 Å². The average Bonchev–Trinajstić information content (AvgIpc) is 2.88. The summed E-state index contributed by atoms with van der Waals surface area (Å²) in [6.07, 6.45) is 1.28. The predicted molar refractivity (Wildman–Crippen MR) is 125 cm³/mol. The van der Waals surface area contributed by atoms with Gasteiger partial charge < -0.3 is 29.4 Å². The quantitative estimate of drug-likeness (QED) is 0.361. The third-order valence-electron chi connectivity index (χ3n) is 5.22. The molecule has 1 aliphatic rings. The van der Waals surface area contributed by atoms with Crippen molar-refractivity contribution in [1.82, 2.24) is 5.32 Å². The van der Waals surface area contributed by atoms with Crippen LogP contribution in [0.25, 0.3) is 0 Å². The van der Waals surface area contributed by atoms with E-state index >= 15 is 0 Å². The number of alkyl carbamates (subject to hydrolysis) is 1. The van der Waals surface area contributed by atoms with Gasteiger partial charge in [0.15, 0.2) is 0 Å². The van der Waals surface area contributed by atoms with E-state index in [1.807, 2.05) is 54.5 Å². The van der Waals surface area contributed by atoms with E-state index in [9.17, 15) is 9.59 Å². The van der Waals surface area contributed by atoms with Crippen LogP contribution in [-0.2, 0) is 18.8 Å². The monoisotopic (exact) mass is 446 g/mol. The Labute approximate surface area is 191 Å². The summed E-state index contributed by atoms with van der Waals surface area (Å²) in [7, 11) is -0.563. The van der Waals surface area contributed by atoms with Crippen LogP contribution in [0.4, 0.5) is 10.5 Å². The maximum atomic E-state index is 11.9. The number of hydrogen-bond donors (Lipinski definition) is 2. The Bertz CT molecular complexity index is 831. The summed E-state index contributed by atoms with van der Waals surface area (Å²) in [5.41, 5.74) is -0.237. The van der Waals surface area contributed by atoms with E-state index in [-0.39, 0.29) is 5.91 Å². The molecular weight excluding hydrogens is 411 g/mol. The number of amides is 2. The summed E-state index contributed by atoms with van der Waals surface area (Å²) in [5.74, 6) is 0.144. The molecular formula is C23H35BN2O6. The normalized spacial score (nSPS) is 16.9. The fourth-order valence-electron chi connectivity index (χ4n) is 2.84. The molecule has 2 amide bonds. The molecule has 176 valence electrons. The molecule has 0 bridgehead atoms. The van der Waals surface area contributed by atoms with Crippen LogP contribution in [0.5, 0.6) is 5.75 Å². The third-order valence-corrected chi connectivity index (χ3v) is 5.22. The first-order chi connectivity index (χ1) is 14.7. The van der Waals surface area contributed by atoms with Crippen molar-refractivity contribution >= 4 is 30.3 Å². The molecule has 8 nitrogen and oxygen atoms in total. The zero-order valence-electron chi connectivity index (χ0n) is 20.2. The number of nitrogens with one attached hydrogen (secondary N) is 2. The van der Waals surface area contributed by atoms with Gasteiger partial charge in [-0.2, -0.15) is 0 Å². The van der Waals surface area contributed by atoms with Crippen LogP contribution < -0.4 is 20.8 Å². The van der Waals surface area contributed by atoms with E-state index in [1.54, 1.807) is 12.1 Å². The molecule has 32 heavy (non-hydrogen) atoms. The smallest absolute Gasteiger partial charge is 0.491 e.